The molecule has 0 fully saturated rings. The average Bonchev–Trinajstić information content (AvgIpc) is 2.31. The lowest BCUT2D eigenvalue weighted by Crippen LogP contribution is -2.13. The van der Waals surface area contributed by atoms with Crippen LogP contribution in [0, 0.1) is 13.8 Å². The number of nitrogens with one attached hydrogen (secondary N) is 1. The molecule has 0 spiro atoms. The highest BCUT2D eigenvalue weighted by atomic mass is 16.1. The van der Waals surface area contributed by atoms with Crippen molar-refractivity contribution in [3.05, 3.63) is 34.4 Å². The van der Waals surface area contributed by atoms with Gasteiger partial charge in [0.2, 0.25) is 0 Å². The number of aryl methyl sites for hydroxylation is 2. The molecule has 2 nitrogen and oxygen atoms in total. The summed E-state index contributed by atoms with van der Waals surface area (Å²) in [5.41, 5.74) is 4.32. The van der Waals surface area contributed by atoms with Crippen LogP contribution in [-0.4, -0.2) is 5.91 Å². The summed E-state index contributed by atoms with van der Waals surface area (Å²) in [5, 5.41) is 2.81. The first kappa shape index (κ1) is 7.35. The second-order valence-electron chi connectivity index (χ2n) is 3.30. The molecule has 0 aromatic heterocycles. The molecule has 1 aliphatic heterocycles. The van der Waals surface area contributed by atoms with Crippen LogP contribution in [0.25, 0.3) is 0 Å². The van der Waals surface area contributed by atoms with Gasteiger partial charge in [0.05, 0.1) is 0 Å². The van der Waals surface area contributed by atoms with Crippen LogP contribution in [0.5, 0.6) is 0 Å². The number of rotatable bonds is 0. The summed E-state index contributed by atoms with van der Waals surface area (Å²) in [6.07, 6.45) is 0. The Morgan fingerprint density at radius 2 is 2.08 bits per heavy atom. The molecule has 0 aliphatic carbocycles. The van der Waals surface area contributed by atoms with Crippen molar-refractivity contribution >= 4 is 5.91 Å². The van der Waals surface area contributed by atoms with Gasteiger partial charge < -0.3 is 5.32 Å². The Bertz CT molecular complexity index is 355. The van der Waals surface area contributed by atoms with Crippen LogP contribution in [0.4, 0.5) is 0 Å². The topological polar surface area (TPSA) is 29.1 Å². The highest BCUT2D eigenvalue weighted by Crippen LogP contribution is 2.20. The largest absolute Gasteiger partial charge is 0.348 e. The van der Waals surface area contributed by atoms with Crippen molar-refractivity contribution in [1.29, 1.82) is 0 Å². The van der Waals surface area contributed by atoms with Crippen LogP contribution in [0.15, 0.2) is 12.1 Å². The van der Waals surface area contributed by atoms with Crippen molar-refractivity contribution in [3.8, 4) is 0 Å². The molecule has 0 bridgehead atoms. The van der Waals surface area contributed by atoms with Gasteiger partial charge in [-0.1, -0.05) is 17.7 Å². The van der Waals surface area contributed by atoms with Gasteiger partial charge in [0.1, 0.15) is 0 Å². The summed E-state index contributed by atoms with van der Waals surface area (Å²) in [5.74, 6) is 0.0718. The maximum absolute atomic E-state index is 11.3. The zero-order valence-electron chi connectivity index (χ0n) is 7.27. The number of benzene rings is 1. The number of fused-ring (bicyclic) bond motifs is 1. The fraction of sp³-hybridized carbons (Fsp3) is 0.300. The highest BCUT2D eigenvalue weighted by molar-refractivity contribution is 5.99. The molecule has 0 radical (unpaired) electrons. The zero-order valence-corrected chi connectivity index (χ0v) is 7.27. The lowest BCUT2D eigenvalue weighted by molar-refractivity contribution is 0.0965. The Hall–Kier alpha value is -1.31. The Balaban J connectivity index is 2.68. The van der Waals surface area contributed by atoms with Gasteiger partial charge in [-0.25, -0.2) is 0 Å². The number of carbonyl (C=O) groups excluding carboxylic acids is 1. The molecular formula is C10H11NO. The molecule has 1 aromatic carbocycles. The van der Waals surface area contributed by atoms with Crippen molar-refractivity contribution in [1.82, 2.24) is 5.32 Å². The SMILES string of the molecule is Cc1cc(C)c2c(c1)CNC2=O. The molecule has 1 heterocycles. The summed E-state index contributed by atoms with van der Waals surface area (Å²) in [7, 11) is 0. The standard InChI is InChI=1S/C10H11NO/c1-6-3-7(2)9-8(4-6)5-11-10(9)12/h3-4H,5H2,1-2H3,(H,11,12). The third kappa shape index (κ3) is 0.916. The monoisotopic (exact) mass is 161 g/mol. The van der Waals surface area contributed by atoms with Crippen LogP contribution in [0.1, 0.15) is 27.0 Å². The minimum atomic E-state index is 0.0718. The minimum absolute atomic E-state index is 0.0718. The molecule has 12 heavy (non-hydrogen) atoms. The summed E-state index contributed by atoms with van der Waals surface area (Å²) >= 11 is 0. The van der Waals surface area contributed by atoms with E-state index in [0.29, 0.717) is 6.54 Å². The summed E-state index contributed by atoms with van der Waals surface area (Å²) < 4.78 is 0. The zero-order chi connectivity index (χ0) is 8.72. The van der Waals surface area contributed by atoms with Crippen molar-refractivity contribution < 1.29 is 4.79 Å². The second-order valence-corrected chi connectivity index (χ2v) is 3.30. The minimum Gasteiger partial charge on any atom is -0.348 e. The maximum atomic E-state index is 11.3. The normalized spacial score (nSPS) is 14.3. The second kappa shape index (κ2) is 2.34. The van der Waals surface area contributed by atoms with Crippen LogP contribution in [-0.2, 0) is 6.54 Å². The lowest BCUT2D eigenvalue weighted by atomic mass is 10.0. The van der Waals surface area contributed by atoms with E-state index in [0.717, 1.165) is 16.7 Å². The van der Waals surface area contributed by atoms with Gasteiger partial charge in [0.15, 0.2) is 0 Å². The van der Waals surface area contributed by atoms with E-state index in [9.17, 15) is 4.79 Å². The summed E-state index contributed by atoms with van der Waals surface area (Å²) in [6.45, 7) is 4.73. The van der Waals surface area contributed by atoms with E-state index >= 15 is 0 Å². The molecule has 0 saturated heterocycles. The highest BCUT2D eigenvalue weighted by Gasteiger charge is 2.20. The van der Waals surface area contributed by atoms with E-state index in [2.05, 4.69) is 18.3 Å². The Morgan fingerprint density at radius 1 is 1.33 bits per heavy atom. The predicted molar refractivity (Wildman–Crippen MR) is 47.1 cm³/mol. The third-order valence-corrected chi connectivity index (χ3v) is 2.23. The fourth-order valence-corrected chi connectivity index (χ4v) is 1.78. The molecule has 0 saturated carbocycles. The van der Waals surface area contributed by atoms with Gasteiger partial charge in [-0.15, -0.1) is 0 Å². The van der Waals surface area contributed by atoms with Crippen LogP contribution >= 0.6 is 0 Å². The summed E-state index contributed by atoms with van der Waals surface area (Å²) in [6, 6.07) is 4.12. The predicted octanol–water partition coefficient (Wildman–Crippen LogP) is 1.55. The maximum Gasteiger partial charge on any atom is 0.252 e. The fourth-order valence-electron chi connectivity index (χ4n) is 1.78. The van der Waals surface area contributed by atoms with Gasteiger partial charge in [-0.05, 0) is 25.0 Å². The molecule has 0 atom stereocenters. The molecule has 2 heteroatoms. The summed E-state index contributed by atoms with van der Waals surface area (Å²) in [4.78, 5) is 11.3. The van der Waals surface area contributed by atoms with Gasteiger partial charge >= 0.3 is 0 Å². The van der Waals surface area contributed by atoms with E-state index < -0.39 is 0 Å². The van der Waals surface area contributed by atoms with Crippen LogP contribution in [0.2, 0.25) is 0 Å². The van der Waals surface area contributed by atoms with E-state index in [1.807, 2.05) is 13.0 Å². The molecular weight excluding hydrogens is 150 g/mol. The van der Waals surface area contributed by atoms with E-state index in [4.69, 9.17) is 0 Å². The van der Waals surface area contributed by atoms with Gasteiger partial charge in [-0.3, -0.25) is 4.79 Å². The number of carbonyl (C=O) groups is 1. The third-order valence-electron chi connectivity index (χ3n) is 2.23. The van der Waals surface area contributed by atoms with Gasteiger partial charge in [0.25, 0.3) is 5.91 Å². The molecule has 62 valence electrons. The molecule has 1 aromatic rings. The number of hydrogen-bond donors (Lipinski definition) is 1. The molecule has 2 rings (SSSR count). The molecule has 1 N–H and O–H groups in total. The Labute approximate surface area is 71.6 Å². The van der Waals surface area contributed by atoms with Crippen molar-refractivity contribution in [2.75, 3.05) is 0 Å². The van der Waals surface area contributed by atoms with Gasteiger partial charge in [0, 0.05) is 12.1 Å². The van der Waals surface area contributed by atoms with Crippen LogP contribution in [0.3, 0.4) is 0 Å². The molecule has 1 aliphatic rings. The van der Waals surface area contributed by atoms with Gasteiger partial charge in [-0.2, -0.15) is 0 Å². The average molecular weight is 161 g/mol. The first-order chi connectivity index (χ1) is 5.68. The van der Waals surface area contributed by atoms with Crippen LogP contribution < -0.4 is 5.32 Å². The Kier molecular flexibility index (Phi) is 1.43. The molecule has 1 amide bonds. The van der Waals surface area contributed by atoms with E-state index in [1.165, 1.54) is 5.56 Å². The molecule has 0 unspecified atom stereocenters. The van der Waals surface area contributed by atoms with Crippen molar-refractivity contribution in [2.24, 2.45) is 0 Å². The number of hydrogen-bond acceptors (Lipinski definition) is 1. The lowest BCUT2D eigenvalue weighted by Gasteiger charge is -2.02. The quantitative estimate of drug-likeness (QED) is 0.614. The van der Waals surface area contributed by atoms with Crippen molar-refractivity contribution in [2.45, 2.75) is 20.4 Å². The smallest absolute Gasteiger partial charge is 0.252 e. The first-order valence-electron chi connectivity index (χ1n) is 4.07. The number of amides is 1. The van der Waals surface area contributed by atoms with Crippen molar-refractivity contribution in [3.63, 3.8) is 0 Å². The first-order valence-corrected chi connectivity index (χ1v) is 4.07. The Morgan fingerprint density at radius 3 is 2.83 bits per heavy atom. The van der Waals surface area contributed by atoms with E-state index in [1.54, 1.807) is 0 Å². The van der Waals surface area contributed by atoms with E-state index in [-0.39, 0.29) is 5.91 Å².